The van der Waals surface area contributed by atoms with Crippen LogP contribution < -0.4 is 0 Å². The highest BCUT2D eigenvalue weighted by Gasteiger charge is 1.87. The van der Waals surface area contributed by atoms with Crippen molar-refractivity contribution in [3.05, 3.63) is 0 Å². The van der Waals surface area contributed by atoms with Gasteiger partial charge in [-0.1, -0.05) is 12.8 Å². The highest BCUT2D eigenvalue weighted by molar-refractivity contribution is 7.93. The normalized spacial score (nSPS) is 10.2. The summed E-state index contributed by atoms with van der Waals surface area (Å²) in [4.78, 5) is 0. The Balaban J connectivity index is 2.65. The van der Waals surface area contributed by atoms with Crippen LogP contribution in [0.5, 0.6) is 0 Å². The zero-order chi connectivity index (χ0) is 7.66. The average molecular weight is 180 g/mol. The van der Waals surface area contributed by atoms with E-state index in [-0.39, 0.29) is 0 Å². The summed E-state index contributed by atoms with van der Waals surface area (Å²) in [6.45, 7) is 0.915. The zero-order valence-corrected chi connectivity index (χ0v) is 8.61. The predicted molar refractivity (Wildman–Crippen MR) is 52.5 cm³/mol. The molecule has 0 aromatic rings. The Labute approximate surface area is 70.7 Å². The molecule has 62 valence electrons. The van der Waals surface area contributed by atoms with Gasteiger partial charge in [0.05, 0.1) is 6.61 Å². The first kappa shape index (κ1) is 10.7. The van der Waals surface area contributed by atoms with E-state index in [4.69, 9.17) is 4.18 Å². The first-order valence-electron chi connectivity index (χ1n) is 3.77. The van der Waals surface area contributed by atoms with Crippen molar-refractivity contribution >= 4 is 21.3 Å². The molecule has 0 aromatic heterocycles. The molecule has 0 fully saturated rings. The molecule has 1 unspecified atom stereocenters. The minimum atomic E-state index is 0.915. The fourth-order valence-electron chi connectivity index (χ4n) is 0.742. The Kier molecular flexibility index (Phi) is 10.5. The summed E-state index contributed by atoms with van der Waals surface area (Å²) in [6.07, 6.45) is 8.41. The van der Waals surface area contributed by atoms with Crippen LogP contribution in [0.15, 0.2) is 0 Å². The predicted octanol–water partition coefficient (Wildman–Crippen LogP) is 2.72. The van der Waals surface area contributed by atoms with Gasteiger partial charge in [0, 0.05) is 6.26 Å². The SMILES string of the molecule is CSOCCCCCCP. The topological polar surface area (TPSA) is 9.23 Å². The third-order valence-electron chi connectivity index (χ3n) is 1.30. The minimum absolute atomic E-state index is 0.915. The number of hydrogen-bond donors (Lipinski definition) is 0. The molecule has 0 saturated heterocycles. The van der Waals surface area contributed by atoms with E-state index in [2.05, 4.69) is 9.24 Å². The quantitative estimate of drug-likeness (QED) is 0.338. The van der Waals surface area contributed by atoms with Gasteiger partial charge in [-0.2, -0.15) is 0 Å². The third-order valence-corrected chi connectivity index (χ3v) is 2.11. The standard InChI is InChI=1S/C7H17OPS/c1-10-8-6-4-2-3-5-7-9/h2-7,9H2,1H3. The number of unbranched alkanes of at least 4 members (excludes halogenated alkanes) is 3. The van der Waals surface area contributed by atoms with Crippen molar-refractivity contribution in [2.45, 2.75) is 25.7 Å². The van der Waals surface area contributed by atoms with E-state index in [1.165, 1.54) is 43.9 Å². The Hall–Kier alpha value is 0.740. The van der Waals surface area contributed by atoms with Crippen LogP contribution in [0.2, 0.25) is 0 Å². The molecule has 0 spiro atoms. The van der Waals surface area contributed by atoms with E-state index in [1.807, 2.05) is 6.26 Å². The van der Waals surface area contributed by atoms with Crippen molar-refractivity contribution in [2.75, 3.05) is 19.0 Å². The smallest absolute Gasteiger partial charge is 0.0613 e. The van der Waals surface area contributed by atoms with Crippen molar-refractivity contribution in [1.29, 1.82) is 0 Å². The average Bonchev–Trinajstić information content (AvgIpc) is 1.97. The fraction of sp³-hybridized carbons (Fsp3) is 1.00. The van der Waals surface area contributed by atoms with Gasteiger partial charge in [0.1, 0.15) is 0 Å². The van der Waals surface area contributed by atoms with Crippen LogP contribution in [-0.2, 0) is 4.18 Å². The lowest BCUT2D eigenvalue weighted by atomic mass is 10.2. The summed E-state index contributed by atoms with van der Waals surface area (Å²) in [6, 6.07) is 0. The summed E-state index contributed by atoms with van der Waals surface area (Å²) >= 11 is 1.46. The van der Waals surface area contributed by atoms with Crippen molar-refractivity contribution < 1.29 is 4.18 Å². The van der Waals surface area contributed by atoms with Gasteiger partial charge in [-0.25, -0.2) is 0 Å². The van der Waals surface area contributed by atoms with Gasteiger partial charge in [-0.3, -0.25) is 0 Å². The summed E-state index contributed by atoms with van der Waals surface area (Å²) in [5, 5.41) is 0. The lowest BCUT2D eigenvalue weighted by molar-refractivity contribution is 0.358. The van der Waals surface area contributed by atoms with Gasteiger partial charge < -0.3 is 4.18 Å². The fourth-order valence-corrected chi connectivity index (χ4v) is 1.32. The highest BCUT2D eigenvalue weighted by Crippen LogP contribution is 2.04. The molecule has 0 amide bonds. The molecule has 0 radical (unpaired) electrons. The zero-order valence-electron chi connectivity index (χ0n) is 6.64. The number of hydrogen-bond acceptors (Lipinski definition) is 2. The molecule has 1 nitrogen and oxygen atoms in total. The first-order valence-corrected chi connectivity index (χ1v) is 5.74. The van der Waals surface area contributed by atoms with Crippen molar-refractivity contribution in [3.63, 3.8) is 0 Å². The Bertz CT molecular complexity index is 53.6. The van der Waals surface area contributed by atoms with E-state index in [0.29, 0.717) is 0 Å². The van der Waals surface area contributed by atoms with Gasteiger partial charge in [-0.05, 0) is 31.0 Å². The van der Waals surface area contributed by atoms with Crippen LogP contribution in [0.4, 0.5) is 0 Å². The maximum atomic E-state index is 5.13. The van der Waals surface area contributed by atoms with Crippen LogP contribution in [-0.4, -0.2) is 19.0 Å². The summed E-state index contributed by atoms with van der Waals surface area (Å²) in [5.74, 6) is 0. The van der Waals surface area contributed by atoms with Crippen molar-refractivity contribution in [1.82, 2.24) is 0 Å². The second-order valence-corrected chi connectivity index (χ2v) is 3.34. The molecule has 0 aromatic carbocycles. The van der Waals surface area contributed by atoms with Crippen LogP contribution in [0, 0.1) is 0 Å². The molecule has 0 rings (SSSR count). The molecular formula is C7H17OPS. The Morgan fingerprint density at radius 1 is 1.20 bits per heavy atom. The highest BCUT2D eigenvalue weighted by atomic mass is 32.2. The maximum absolute atomic E-state index is 5.13. The molecular weight excluding hydrogens is 163 g/mol. The molecule has 1 atom stereocenters. The van der Waals surface area contributed by atoms with Crippen molar-refractivity contribution in [3.8, 4) is 0 Å². The minimum Gasteiger partial charge on any atom is -0.316 e. The lowest BCUT2D eigenvalue weighted by Crippen LogP contribution is -1.86. The molecule has 0 N–H and O–H groups in total. The third kappa shape index (κ3) is 8.74. The Morgan fingerprint density at radius 2 is 1.90 bits per heavy atom. The second kappa shape index (κ2) is 9.74. The van der Waals surface area contributed by atoms with Crippen LogP contribution in [0.1, 0.15) is 25.7 Å². The molecule has 0 saturated carbocycles. The van der Waals surface area contributed by atoms with E-state index < -0.39 is 0 Å². The Morgan fingerprint density at radius 3 is 2.50 bits per heavy atom. The van der Waals surface area contributed by atoms with Crippen LogP contribution >= 0.6 is 21.3 Å². The van der Waals surface area contributed by atoms with Crippen LogP contribution in [0.3, 0.4) is 0 Å². The maximum Gasteiger partial charge on any atom is 0.0613 e. The summed E-state index contributed by atoms with van der Waals surface area (Å²) in [7, 11) is 2.75. The van der Waals surface area contributed by atoms with E-state index in [9.17, 15) is 0 Å². The lowest BCUT2D eigenvalue weighted by Gasteiger charge is -1.98. The first-order chi connectivity index (χ1) is 4.91. The molecule has 0 aliphatic heterocycles. The molecule has 0 heterocycles. The van der Waals surface area contributed by atoms with E-state index >= 15 is 0 Å². The molecule has 3 heteroatoms. The monoisotopic (exact) mass is 180 g/mol. The molecule has 0 aliphatic carbocycles. The summed E-state index contributed by atoms with van der Waals surface area (Å²) in [5.41, 5.74) is 0. The van der Waals surface area contributed by atoms with E-state index in [1.54, 1.807) is 0 Å². The molecule has 0 bridgehead atoms. The second-order valence-electron chi connectivity index (χ2n) is 2.19. The molecule has 10 heavy (non-hydrogen) atoms. The van der Waals surface area contributed by atoms with Gasteiger partial charge in [0.2, 0.25) is 0 Å². The number of rotatable bonds is 7. The largest absolute Gasteiger partial charge is 0.316 e. The van der Waals surface area contributed by atoms with E-state index in [0.717, 1.165) is 6.61 Å². The molecule has 0 aliphatic rings. The van der Waals surface area contributed by atoms with Gasteiger partial charge in [0.15, 0.2) is 0 Å². The van der Waals surface area contributed by atoms with Gasteiger partial charge in [0.25, 0.3) is 0 Å². The van der Waals surface area contributed by atoms with Gasteiger partial charge in [-0.15, -0.1) is 9.24 Å². The summed E-state index contributed by atoms with van der Waals surface area (Å²) < 4.78 is 5.13. The van der Waals surface area contributed by atoms with Gasteiger partial charge >= 0.3 is 0 Å². The van der Waals surface area contributed by atoms with Crippen molar-refractivity contribution in [2.24, 2.45) is 0 Å². The van der Waals surface area contributed by atoms with Crippen LogP contribution in [0.25, 0.3) is 0 Å².